The second kappa shape index (κ2) is 7.74. The molecule has 0 bridgehead atoms. The van der Waals surface area contributed by atoms with Gasteiger partial charge in [0, 0.05) is 11.2 Å². The number of halogens is 2. The number of nitrogens with one attached hydrogen (secondary N) is 1. The first-order chi connectivity index (χ1) is 12.8. The zero-order chi connectivity index (χ0) is 19.7. The van der Waals surface area contributed by atoms with Gasteiger partial charge in [0.1, 0.15) is 6.04 Å². The molecule has 0 saturated heterocycles. The summed E-state index contributed by atoms with van der Waals surface area (Å²) in [6, 6.07) is 7.15. The highest BCUT2D eigenvalue weighted by molar-refractivity contribution is 6.31. The van der Waals surface area contributed by atoms with Crippen LogP contribution in [0.4, 0.5) is 5.69 Å². The van der Waals surface area contributed by atoms with Crippen LogP contribution in [0, 0.1) is 20.8 Å². The number of carbonyl (C=O) groups is 1. The first-order valence-corrected chi connectivity index (χ1v) is 9.33. The average Bonchev–Trinajstić information content (AvgIpc) is 3.10. The van der Waals surface area contributed by atoms with E-state index in [2.05, 4.69) is 15.5 Å². The highest BCUT2D eigenvalue weighted by Gasteiger charge is 2.21. The Hall–Kier alpha value is -2.31. The number of anilines is 1. The maximum absolute atomic E-state index is 12.7. The van der Waals surface area contributed by atoms with Gasteiger partial charge in [-0.2, -0.15) is 10.2 Å². The van der Waals surface area contributed by atoms with Crippen molar-refractivity contribution in [2.24, 2.45) is 0 Å². The Kier molecular flexibility index (Phi) is 5.58. The fraction of sp³-hybridized carbons (Fsp3) is 0.316. The van der Waals surface area contributed by atoms with E-state index in [1.54, 1.807) is 24.7 Å². The van der Waals surface area contributed by atoms with Crippen LogP contribution in [-0.2, 0) is 11.3 Å². The molecule has 2 aromatic heterocycles. The normalized spacial score (nSPS) is 12.2. The van der Waals surface area contributed by atoms with Crippen molar-refractivity contribution < 1.29 is 4.79 Å². The van der Waals surface area contributed by atoms with Crippen LogP contribution in [0.5, 0.6) is 0 Å². The van der Waals surface area contributed by atoms with Crippen LogP contribution < -0.4 is 5.32 Å². The largest absolute Gasteiger partial charge is 0.321 e. The molecular weight excluding hydrogens is 385 g/mol. The summed E-state index contributed by atoms with van der Waals surface area (Å²) in [5.41, 5.74) is 3.97. The van der Waals surface area contributed by atoms with Gasteiger partial charge in [0.05, 0.1) is 34.3 Å². The highest BCUT2D eigenvalue weighted by Crippen LogP contribution is 2.24. The molecule has 1 aromatic carbocycles. The Balaban J connectivity index is 1.80. The molecule has 0 radical (unpaired) electrons. The van der Waals surface area contributed by atoms with Crippen LogP contribution in [-0.4, -0.2) is 25.5 Å². The lowest BCUT2D eigenvalue weighted by molar-refractivity contribution is -0.119. The van der Waals surface area contributed by atoms with Gasteiger partial charge < -0.3 is 5.32 Å². The Morgan fingerprint density at radius 1 is 1.11 bits per heavy atom. The van der Waals surface area contributed by atoms with Crippen LogP contribution in [0.25, 0.3) is 0 Å². The smallest absolute Gasteiger partial charge is 0.249 e. The lowest BCUT2D eigenvalue weighted by Gasteiger charge is -2.13. The lowest BCUT2D eigenvalue weighted by atomic mass is 10.2. The summed E-state index contributed by atoms with van der Waals surface area (Å²) < 4.78 is 3.40. The number of hydrogen-bond donors (Lipinski definition) is 1. The minimum atomic E-state index is -0.498. The monoisotopic (exact) mass is 405 g/mol. The molecule has 0 aliphatic rings. The number of amides is 1. The van der Waals surface area contributed by atoms with E-state index >= 15 is 0 Å². The number of benzene rings is 1. The fourth-order valence-corrected chi connectivity index (χ4v) is 3.16. The molecule has 0 aliphatic carbocycles. The molecule has 8 heteroatoms. The van der Waals surface area contributed by atoms with E-state index in [9.17, 15) is 4.79 Å². The van der Waals surface area contributed by atoms with Crippen molar-refractivity contribution in [3.63, 3.8) is 0 Å². The molecule has 27 heavy (non-hydrogen) atoms. The van der Waals surface area contributed by atoms with Crippen molar-refractivity contribution in [1.29, 1.82) is 0 Å². The molecular formula is C19H21Cl2N5O. The minimum absolute atomic E-state index is 0.183. The number of aryl methyl sites for hydroxylation is 2. The number of rotatable bonds is 5. The summed E-state index contributed by atoms with van der Waals surface area (Å²) in [7, 11) is 0. The molecule has 2 heterocycles. The molecule has 3 aromatic rings. The van der Waals surface area contributed by atoms with Crippen molar-refractivity contribution in [2.45, 2.75) is 40.3 Å². The van der Waals surface area contributed by atoms with E-state index in [0.29, 0.717) is 28.0 Å². The van der Waals surface area contributed by atoms with E-state index in [1.165, 1.54) is 0 Å². The van der Waals surface area contributed by atoms with Gasteiger partial charge in [-0.15, -0.1) is 0 Å². The SMILES string of the molecule is Cc1nn(C(C)C(=O)Nc2c(C)nn(Cc3ccccc3Cl)c2C)cc1Cl. The molecule has 1 unspecified atom stereocenters. The molecule has 6 nitrogen and oxygen atoms in total. The summed E-state index contributed by atoms with van der Waals surface area (Å²) in [5.74, 6) is -0.183. The first-order valence-electron chi connectivity index (χ1n) is 8.57. The standard InChI is InChI=1S/C19H21Cl2N5O/c1-11-17(21)10-26(23-11)14(4)19(27)22-18-12(2)24-25(13(18)3)9-15-7-5-6-8-16(15)20/h5-8,10,14H,9H2,1-4H3,(H,22,27). The molecule has 1 atom stereocenters. The molecule has 0 spiro atoms. The Bertz CT molecular complexity index is 973. The Morgan fingerprint density at radius 3 is 2.44 bits per heavy atom. The second-order valence-corrected chi connectivity index (χ2v) is 7.32. The van der Waals surface area contributed by atoms with Crippen molar-refractivity contribution >= 4 is 34.8 Å². The summed E-state index contributed by atoms with van der Waals surface area (Å²) >= 11 is 12.3. The number of hydrogen-bond acceptors (Lipinski definition) is 3. The average molecular weight is 406 g/mol. The van der Waals surface area contributed by atoms with Gasteiger partial charge in [-0.25, -0.2) is 0 Å². The molecule has 3 rings (SSSR count). The van der Waals surface area contributed by atoms with E-state index in [0.717, 1.165) is 17.0 Å². The third-order valence-corrected chi connectivity index (χ3v) is 5.28. The first kappa shape index (κ1) is 19.5. The topological polar surface area (TPSA) is 64.7 Å². The van der Waals surface area contributed by atoms with Crippen molar-refractivity contribution in [3.8, 4) is 0 Å². The van der Waals surface area contributed by atoms with Crippen molar-refractivity contribution in [1.82, 2.24) is 19.6 Å². The van der Waals surface area contributed by atoms with E-state index in [-0.39, 0.29) is 5.91 Å². The quantitative estimate of drug-likeness (QED) is 0.676. The molecule has 0 fully saturated rings. The second-order valence-electron chi connectivity index (χ2n) is 6.50. The van der Waals surface area contributed by atoms with E-state index in [4.69, 9.17) is 23.2 Å². The van der Waals surface area contributed by atoms with E-state index in [1.807, 2.05) is 42.8 Å². The molecule has 142 valence electrons. The summed E-state index contributed by atoms with van der Waals surface area (Å²) in [5, 5.41) is 13.0. The summed E-state index contributed by atoms with van der Waals surface area (Å²) in [6.45, 7) is 7.90. The van der Waals surface area contributed by atoms with Crippen LogP contribution in [0.3, 0.4) is 0 Å². The van der Waals surface area contributed by atoms with Crippen molar-refractivity contribution in [3.05, 3.63) is 63.2 Å². The van der Waals surface area contributed by atoms with Gasteiger partial charge in [0.2, 0.25) is 5.91 Å². The fourth-order valence-electron chi connectivity index (χ4n) is 2.83. The number of carbonyl (C=O) groups excluding carboxylic acids is 1. The van der Waals surface area contributed by atoms with Gasteiger partial charge >= 0.3 is 0 Å². The third-order valence-electron chi connectivity index (χ3n) is 4.54. The van der Waals surface area contributed by atoms with Gasteiger partial charge in [-0.3, -0.25) is 14.2 Å². The van der Waals surface area contributed by atoms with Crippen LogP contribution in [0.2, 0.25) is 10.0 Å². The molecule has 0 saturated carbocycles. The number of nitrogens with zero attached hydrogens (tertiary/aromatic N) is 4. The maximum atomic E-state index is 12.7. The lowest BCUT2D eigenvalue weighted by Crippen LogP contribution is -2.24. The van der Waals surface area contributed by atoms with Gasteiger partial charge in [-0.1, -0.05) is 41.4 Å². The van der Waals surface area contributed by atoms with Crippen LogP contribution in [0.15, 0.2) is 30.5 Å². The zero-order valence-electron chi connectivity index (χ0n) is 15.6. The summed E-state index contributed by atoms with van der Waals surface area (Å²) in [6.07, 6.45) is 1.65. The summed E-state index contributed by atoms with van der Waals surface area (Å²) in [4.78, 5) is 12.7. The Morgan fingerprint density at radius 2 is 1.81 bits per heavy atom. The van der Waals surface area contributed by atoms with E-state index < -0.39 is 6.04 Å². The molecule has 1 N–H and O–H groups in total. The molecule has 0 aliphatic heterocycles. The van der Waals surface area contributed by atoms with Gasteiger partial charge in [0.25, 0.3) is 0 Å². The molecule has 1 amide bonds. The zero-order valence-corrected chi connectivity index (χ0v) is 17.1. The minimum Gasteiger partial charge on any atom is -0.321 e. The third kappa shape index (κ3) is 4.01. The van der Waals surface area contributed by atoms with Gasteiger partial charge in [-0.05, 0) is 39.3 Å². The number of aromatic nitrogens is 4. The predicted octanol–water partition coefficient (Wildman–Crippen LogP) is 4.56. The van der Waals surface area contributed by atoms with Crippen molar-refractivity contribution in [2.75, 3.05) is 5.32 Å². The van der Waals surface area contributed by atoms with Gasteiger partial charge in [0.15, 0.2) is 0 Å². The maximum Gasteiger partial charge on any atom is 0.249 e. The highest BCUT2D eigenvalue weighted by atomic mass is 35.5. The van der Waals surface area contributed by atoms with Crippen LogP contribution in [0.1, 0.15) is 35.6 Å². The Labute approximate surface area is 168 Å². The predicted molar refractivity (Wildman–Crippen MR) is 108 cm³/mol. The van der Waals surface area contributed by atoms with Crippen LogP contribution >= 0.6 is 23.2 Å².